The van der Waals surface area contributed by atoms with E-state index in [1.54, 1.807) is 0 Å². The van der Waals surface area contributed by atoms with Gasteiger partial charge in [-0.15, -0.1) is 0 Å². The molecule has 1 N–H and O–H groups in total. The number of hydrogen-bond acceptors (Lipinski definition) is 2. The molecule has 2 rings (SSSR count). The van der Waals surface area contributed by atoms with Crippen molar-refractivity contribution in [2.24, 2.45) is 0 Å². The number of nitrogens with one attached hydrogen (secondary N) is 1. The maximum absolute atomic E-state index is 12.1. The minimum Gasteiger partial charge on any atom is -0.378 e. The Labute approximate surface area is 128 Å². The molecule has 1 aromatic carbocycles. The fraction of sp³-hybridized carbons (Fsp3) is 0.533. The Morgan fingerprint density at radius 1 is 1.47 bits per heavy atom. The monoisotopic (exact) mass is 373 g/mol. The van der Waals surface area contributed by atoms with Gasteiger partial charge in [0.15, 0.2) is 0 Å². The van der Waals surface area contributed by atoms with E-state index in [0.717, 1.165) is 34.1 Å². The summed E-state index contributed by atoms with van der Waals surface area (Å²) in [5, 5.41) is 2.99. The molecule has 0 bridgehead atoms. The molecule has 0 aliphatic carbocycles. The molecule has 0 aromatic heterocycles. The van der Waals surface area contributed by atoms with Crippen LogP contribution in [0.25, 0.3) is 0 Å². The number of aryl methyl sites for hydroxylation is 1. The molecule has 1 heterocycles. The number of rotatable bonds is 4. The van der Waals surface area contributed by atoms with Crippen LogP contribution in [0.1, 0.15) is 41.6 Å². The molecule has 3 nitrogen and oxygen atoms in total. The van der Waals surface area contributed by atoms with Crippen LogP contribution in [0.3, 0.4) is 0 Å². The molecule has 1 fully saturated rings. The normalized spacial score (nSPS) is 19.2. The second-order valence-corrected chi connectivity index (χ2v) is 6.05. The Hall–Kier alpha value is -0.620. The number of halogens is 1. The molecule has 104 valence electrons. The average molecular weight is 373 g/mol. The van der Waals surface area contributed by atoms with E-state index < -0.39 is 0 Å². The average Bonchev–Trinajstić information content (AvgIpc) is 2.43. The number of carbonyl (C=O) groups excluding carboxylic acids is 1. The van der Waals surface area contributed by atoms with Crippen LogP contribution >= 0.6 is 22.6 Å². The van der Waals surface area contributed by atoms with Gasteiger partial charge < -0.3 is 10.1 Å². The third-order valence-electron chi connectivity index (χ3n) is 3.46. The van der Waals surface area contributed by atoms with Crippen molar-refractivity contribution < 1.29 is 9.53 Å². The maximum Gasteiger partial charge on any atom is 0.252 e. The molecule has 1 aromatic rings. The first-order chi connectivity index (χ1) is 9.18. The van der Waals surface area contributed by atoms with E-state index in [1.165, 1.54) is 12.8 Å². The largest absolute Gasteiger partial charge is 0.378 e. The minimum absolute atomic E-state index is 0.0175. The van der Waals surface area contributed by atoms with Gasteiger partial charge in [0.05, 0.1) is 11.7 Å². The highest BCUT2D eigenvalue weighted by atomic mass is 127. The Morgan fingerprint density at radius 3 is 3.05 bits per heavy atom. The van der Waals surface area contributed by atoms with Crippen molar-refractivity contribution in [2.45, 2.75) is 38.7 Å². The summed E-state index contributed by atoms with van der Waals surface area (Å²) in [4.78, 5) is 12.1. The van der Waals surface area contributed by atoms with E-state index in [9.17, 15) is 4.79 Å². The molecule has 0 saturated carbocycles. The molecule has 4 heteroatoms. The van der Waals surface area contributed by atoms with Crippen molar-refractivity contribution in [3.05, 3.63) is 32.9 Å². The zero-order chi connectivity index (χ0) is 13.7. The van der Waals surface area contributed by atoms with Crippen molar-refractivity contribution in [3.8, 4) is 0 Å². The smallest absolute Gasteiger partial charge is 0.252 e. The molecule has 1 aliphatic rings. The van der Waals surface area contributed by atoms with Crippen LogP contribution in [0.4, 0.5) is 0 Å². The van der Waals surface area contributed by atoms with E-state index in [4.69, 9.17) is 4.74 Å². The number of amides is 1. The van der Waals surface area contributed by atoms with E-state index in [0.29, 0.717) is 12.6 Å². The maximum atomic E-state index is 12.1. The molecule has 19 heavy (non-hydrogen) atoms. The van der Waals surface area contributed by atoms with E-state index in [1.807, 2.05) is 25.1 Å². The van der Waals surface area contributed by atoms with Gasteiger partial charge in [-0.3, -0.25) is 4.79 Å². The van der Waals surface area contributed by atoms with E-state index >= 15 is 0 Å². The fourth-order valence-corrected chi connectivity index (χ4v) is 2.90. The lowest BCUT2D eigenvalue weighted by molar-refractivity contribution is 0.0117. The highest BCUT2D eigenvalue weighted by molar-refractivity contribution is 14.1. The lowest BCUT2D eigenvalue weighted by Gasteiger charge is -2.22. The standard InChI is InChI=1S/C15H20INO2/c1-11-5-4-7-13(14(11)16)15(18)17-9-8-12-6-2-3-10-19-12/h4-5,7,12H,2-3,6,8-10H2,1H3,(H,17,18). The van der Waals surface area contributed by atoms with Crippen LogP contribution in [-0.2, 0) is 4.74 Å². The number of carbonyl (C=O) groups is 1. The summed E-state index contributed by atoms with van der Waals surface area (Å²) < 4.78 is 6.69. The highest BCUT2D eigenvalue weighted by Gasteiger charge is 2.15. The van der Waals surface area contributed by atoms with Crippen molar-refractivity contribution >= 4 is 28.5 Å². The Morgan fingerprint density at radius 2 is 2.32 bits per heavy atom. The second kappa shape index (κ2) is 7.24. The second-order valence-electron chi connectivity index (χ2n) is 4.97. The molecular weight excluding hydrogens is 353 g/mol. The Kier molecular flexibility index (Phi) is 5.63. The van der Waals surface area contributed by atoms with Gasteiger partial charge in [-0.25, -0.2) is 0 Å². The Bertz CT molecular complexity index is 442. The molecule has 0 radical (unpaired) electrons. The van der Waals surface area contributed by atoms with E-state index in [-0.39, 0.29) is 5.91 Å². The number of benzene rings is 1. The van der Waals surface area contributed by atoms with Crippen molar-refractivity contribution in [2.75, 3.05) is 13.2 Å². The lowest BCUT2D eigenvalue weighted by atomic mass is 10.1. The van der Waals surface area contributed by atoms with Gasteiger partial charge >= 0.3 is 0 Å². The van der Waals surface area contributed by atoms with Gasteiger partial charge in [-0.05, 0) is 66.8 Å². The summed E-state index contributed by atoms with van der Waals surface area (Å²) >= 11 is 2.23. The van der Waals surface area contributed by atoms with Crippen LogP contribution in [0, 0.1) is 10.5 Å². The first kappa shape index (κ1) is 14.8. The summed E-state index contributed by atoms with van der Waals surface area (Å²) in [6, 6.07) is 5.83. The molecule has 1 unspecified atom stereocenters. The van der Waals surface area contributed by atoms with Gasteiger partial charge in [0.2, 0.25) is 0 Å². The van der Waals surface area contributed by atoms with Crippen LogP contribution in [0.15, 0.2) is 18.2 Å². The van der Waals surface area contributed by atoms with Gasteiger partial charge in [0.1, 0.15) is 0 Å². The van der Waals surface area contributed by atoms with Crippen molar-refractivity contribution in [1.29, 1.82) is 0 Å². The third-order valence-corrected chi connectivity index (χ3v) is 4.89. The van der Waals surface area contributed by atoms with Gasteiger partial charge in [-0.2, -0.15) is 0 Å². The SMILES string of the molecule is Cc1cccc(C(=O)NCCC2CCCCO2)c1I. The minimum atomic E-state index is 0.0175. The Balaban J connectivity index is 1.82. The quantitative estimate of drug-likeness (QED) is 0.823. The predicted molar refractivity (Wildman–Crippen MR) is 84.4 cm³/mol. The fourth-order valence-electron chi connectivity index (χ4n) is 2.30. The zero-order valence-corrected chi connectivity index (χ0v) is 13.4. The first-order valence-corrected chi connectivity index (χ1v) is 7.91. The van der Waals surface area contributed by atoms with Gasteiger partial charge in [0, 0.05) is 16.7 Å². The van der Waals surface area contributed by atoms with Crippen LogP contribution < -0.4 is 5.32 Å². The number of hydrogen-bond donors (Lipinski definition) is 1. The molecule has 1 saturated heterocycles. The first-order valence-electron chi connectivity index (χ1n) is 6.83. The lowest BCUT2D eigenvalue weighted by Crippen LogP contribution is -2.30. The summed E-state index contributed by atoms with van der Waals surface area (Å²) in [6.07, 6.45) is 4.77. The van der Waals surface area contributed by atoms with Crippen LogP contribution in [0.5, 0.6) is 0 Å². The molecular formula is C15H20INO2. The molecule has 0 spiro atoms. The summed E-state index contributed by atoms with van der Waals surface area (Å²) in [6.45, 7) is 3.58. The molecule has 1 atom stereocenters. The van der Waals surface area contributed by atoms with Crippen molar-refractivity contribution in [1.82, 2.24) is 5.32 Å². The van der Waals surface area contributed by atoms with Crippen LogP contribution in [-0.4, -0.2) is 25.2 Å². The van der Waals surface area contributed by atoms with E-state index in [2.05, 4.69) is 27.9 Å². The summed E-state index contributed by atoms with van der Waals surface area (Å²) in [5.41, 5.74) is 1.91. The topological polar surface area (TPSA) is 38.3 Å². The number of ether oxygens (including phenoxy) is 1. The van der Waals surface area contributed by atoms with Gasteiger partial charge in [0.25, 0.3) is 5.91 Å². The third kappa shape index (κ3) is 4.18. The predicted octanol–water partition coefficient (Wildman–Crippen LogP) is 3.29. The summed E-state index contributed by atoms with van der Waals surface area (Å²) in [5.74, 6) is 0.0175. The highest BCUT2D eigenvalue weighted by Crippen LogP contribution is 2.17. The molecule has 1 aliphatic heterocycles. The van der Waals surface area contributed by atoms with Crippen LogP contribution in [0.2, 0.25) is 0 Å². The zero-order valence-electron chi connectivity index (χ0n) is 11.2. The molecule has 1 amide bonds. The summed E-state index contributed by atoms with van der Waals surface area (Å²) in [7, 11) is 0. The van der Waals surface area contributed by atoms with Crippen molar-refractivity contribution in [3.63, 3.8) is 0 Å². The van der Waals surface area contributed by atoms with Gasteiger partial charge in [-0.1, -0.05) is 12.1 Å².